The third kappa shape index (κ3) is 5.49. The van der Waals surface area contributed by atoms with E-state index in [1.807, 2.05) is 26.8 Å². The van der Waals surface area contributed by atoms with Crippen molar-refractivity contribution in [3.63, 3.8) is 0 Å². The number of anilines is 1. The maximum absolute atomic E-state index is 11.4. The van der Waals surface area contributed by atoms with Crippen LogP contribution in [0.3, 0.4) is 0 Å². The van der Waals surface area contributed by atoms with E-state index in [0.29, 0.717) is 12.2 Å². The maximum Gasteiger partial charge on any atom is 0.407 e. The Morgan fingerprint density at radius 3 is 2.59 bits per heavy atom. The molecule has 0 aliphatic rings. The molecule has 1 amide bonds. The van der Waals surface area contributed by atoms with E-state index >= 15 is 0 Å². The van der Waals surface area contributed by atoms with Gasteiger partial charge in [-0.2, -0.15) is 0 Å². The smallest absolute Gasteiger partial charge is 0.407 e. The fourth-order valence-corrected chi connectivity index (χ4v) is 1.61. The van der Waals surface area contributed by atoms with Gasteiger partial charge in [-0.1, -0.05) is 0 Å². The highest BCUT2D eigenvalue weighted by molar-refractivity contribution is 7.80. The van der Waals surface area contributed by atoms with Crippen LogP contribution in [0.25, 0.3) is 0 Å². The van der Waals surface area contributed by atoms with Crippen molar-refractivity contribution in [2.75, 3.05) is 5.73 Å². The van der Waals surface area contributed by atoms with E-state index in [2.05, 4.69) is 17.9 Å². The summed E-state index contributed by atoms with van der Waals surface area (Å²) in [6.45, 7) is 5.82. The second kappa shape index (κ2) is 5.31. The summed E-state index contributed by atoms with van der Waals surface area (Å²) in [7, 11) is 0. The second-order valence-electron chi connectivity index (χ2n) is 4.79. The number of nitrogen functional groups attached to an aromatic ring is 1. The first kappa shape index (κ1) is 13.7. The maximum atomic E-state index is 11.4. The minimum Gasteiger partial charge on any atom is -0.444 e. The molecule has 0 fully saturated rings. The molecule has 0 saturated heterocycles. The van der Waals surface area contributed by atoms with Crippen LogP contribution in [0.1, 0.15) is 26.3 Å². The van der Waals surface area contributed by atoms with Gasteiger partial charge in [-0.25, -0.2) is 4.79 Å². The monoisotopic (exact) mass is 254 g/mol. The van der Waals surface area contributed by atoms with Crippen molar-refractivity contribution in [2.45, 2.75) is 37.8 Å². The van der Waals surface area contributed by atoms with E-state index in [0.717, 1.165) is 10.5 Å². The van der Waals surface area contributed by atoms with Crippen LogP contribution in [0.4, 0.5) is 10.5 Å². The Morgan fingerprint density at radius 1 is 1.41 bits per heavy atom. The number of nitrogens with two attached hydrogens (primary N) is 1. The fraction of sp³-hybridized carbons (Fsp3) is 0.417. The minimum atomic E-state index is -0.492. The molecule has 94 valence electrons. The predicted molar refractivity (Wildman–Crippen MR) is 71.2 cm³/mol. The number of nitrogens with one attached hydrogen (secondary N) is 1. The van der Waals surface area contributed by atoms with Gasteiger partial charge in [-0.15, -0.1) is 12.6 Å². The largest absolute Gasteiger partial charge is 0.444 e. The molecule has 1 aromatic rings. The second-order valence-corrected chi connectivity index (χ2v) is 5.30. The Bertz CT molecular complexity index is 393. The van der Waals surface area contributed by atoms with Crippen LogP contribution in [0.2, 0.25) is 0 Å². The SMILES string of the molecule is CC(C)(C)OC(=O)NCc1cc(N)cc(S)c1. The van der Waals surface area contributed by atoms with Gasteiger partial charge in [0, 0.05) is 17.1 Å². The van der Waals surface area contributed by atoms with Crippen molar-refractivity contribution in [1.82, 2.24) is 5.32 Å². The molecule has 0 radical (unpaired) electrons. The standard InChI is InChI=1S/C12H18N2O2S/c1-12(2,3)16-11(15)14-7-8-4-9(13)6-10(17)5-8/h4-6,17H,7,13H2,1-3H3,(H,14,15). The van der Waals surface area contributed by atoms with Gasteiger partial charge in [-0.05, 0) is 44.5 Å². The summed E-state index contributed by atoms with van der Waals surface area (Å²) < 4.78 is 5.12. The molecule has 1 rings (SSSR count). The highest BCUT2D eigenvalue weighted by atomic mass is 32.1. The zero-order valence-electron chi connectivity index (χ0n) is 10.3. The Hall–Kier alpha value is -1.36. The van der Waals surface area contributed by atoms with Crippen LogP contribution in [0, 0.1) is 0 Å². The zero-order chi connectivity index (χ0) is 13.1. The molecular weight excluding hydrogens is 236 g/mol. The first-order valence-corrected chi connectivity index (χ1v) is 5.76. The normalized spacial score (nSPS) is 11.1. The highest BCUT2D eigenvalue weighted by Crippen LogP contribution is 2.15. The number of hydrogen-bond acceptors (Lipinski definition) is 4. The summed E-state index contributed by atoms with van der Waals surface area (Å²) in [5.41, 5.74) is 6.70. The Morgan fingerprint density at radius 2 is 2.06 bits per heavy atom. The van der Waals surface area contributed by atoms with Crippen LogP contribution in [-0.2, 0) is 11.3 Å². The molecular formula is C12H18N2O2S. The molecule has 3 N–H and O–H groups in total. The van der Waals surface area contributed by atoms with Crippen molar-refractivity contribution < 1.29 is 9.53 Å². The van der Waals surface area contributed by atoms with E-state index in [1.165, 1.54) is 0 Å². The topological polar surface area (TPSA) is 64.3 Å². The number of carbonyl (C=O) groups is 1. The van der Waals surface area contributed by atoms with Crippen molar-refractivity contribution in [3.8, 4) is 0 Å². The number of alkyl carbamates (subject to hydrolysis) is 1. The highest BCUT2D eigenvalue weighted by Gasteiger charge is 2.15. The summed E-state index contributed by atoms with van der Waals surface area (Å²) in [5.74, 6) is 0. The Kier molecular flexibility index (Phi) is 4.28. The van der Waals surface area contributed by atoms with E-state index < -0.39 is 11.7 Å². The van der Waals surface area contributed by atoms with Crippen molar-refractivity contribution in [1.29, 1.82) is 0 Å². The van der Waals surface area contributed by atoms with E-state index in [-0.39, 0.29) is 0 Å². The third-order valence-electron chi connectivity index (χ3n) is 1.84. The summed E-state index contributed by atoms with van der Waals surface area (Å²) in [5, 5.41) is 2.66. The molecule has 0 bridgehead atoms. The molecule has 4 nitrogen and oxygen atoms in total. The summed E-state index contributed by atoms with van der Waals surface area (Å²) in [6.07, 6.45) is -0.444. The summed E-state index contributed by atoms with van der Waals surface area (Å²) in [6, 6.07) is 5.38. The molecule has 5 heteroatoms. The first-order valence-electron chi connectivity index (χ1n) is 5.31. The fourth-order valence-electron chi connectivity index (χ4n) is 1.29. The van der Waals surface area contributed by atoms with Crippen LogP contribution >= 0.6 is 12.6 Å². The molecule has 0 atom stereocenters. The number of amides is 1. The van der Waals surface area contributed by atoms with Crippen LogP contribution in [0.15, 0.2) is 23.1 Å². The lowest BCUT2D eigenvalue weighted by Crippen LogP contribution is -2.32. The van der Waals surface area contributed by atoms with Gasteiger partial charge in [0.25, 0.3) is 0 Å². The number of rotatable bonds is 2. The van der Waals surface area contributed by atoms with E-state index in [9.17, 15) is 4.79 Å². The molecule has 0 unspecified atom stereocenters. The van der Waals surface area contributed by atoms with Gasteiger partial charge in [0.05, 0.1) is 0 Å². The number of thiol groups is 1. The number of carbonyl (C=O) groups excluding carboxylic acids is 1. The lowest BCUT2D eigenvalue weighted by atomic mass is 10.2. The average molecular weight is 254 g/mol. The first-order chi connectivity index (χ1) is 7.76. The van der Waals surface area contributed by atoms with Crippen LogP contribution < -0.4 is 11.1 Å². The number of benzene rings is 1. The zero-order valence-corrected chi connectivity index (χ0v) is 11.2. The van der Waals surface area contributed by atoms with Gasteiger partial charge in [0.15, 0.2) is 0 Å². The molecule has 17 heavy (non-hydrogen) atoms. The van der Waals surface area contributed by atoms with Gasteiger partial charge in [-0.3, -0.25) is 0 Å². The quantitative estimate of drug-likeness (QED) is 0.561. The van der Waals surface area contributed by atoms with Crippen molar-refractivity contribution >= 4 is 24.4 Å². The molecule has 1 aromatic carbocycles. The van der Waals surface area contributed by atoms with E-state index in [1.54, 1.807) is 12.1 Å². The number of ether oxygens (including phenoxy) is 1. The Balaban J connectivity index is 2.53. The lowest BCUT2D eigenvalue weighted by molar-refractivity contribution is 0.0523. The summed E-state index contributed by atoms with van der Waals surface area (Å²) in [4.78, 5) is 12.2. The molecule has 0 aromatic heterocycles. The van der Waals surface area contributed by atoms with E-state index in [4.69, 9.17) is 10.5 Å². The average Bonchev–Trinajstić information content (AvgIpc) is 2.10. The number of hydrogen-bond donors (Lipinski definition) is 3. The van der Waals surface area contributed by atoms with Gasteiger partial charge < -0.3 is 15.8 Å². The minimum absolute atomic E-state index is 0.369. The van der Waals surface area contributed by atoms with Crippen molar-refractivity contribution in [3.05, 3.63) is 23.8 Å². The van der Waals surface area contributed by atoms with Crippen LogP contribution in [0.5, 0.6) is 0 Å². The third-order valence-corrected chi connectivity index (χ3v) is 2.09. The molecule has 0 aliphatic carbocycles. The molecule has 0 spiro atoms. The van der Waals surface area contributed by atoms with Crippen molar-refractivity contribution in [2.24, 2.45) is 0 Å². The molecule has 0 heterocycles. The lowest BCUT2D eigenvalue weighted by Gasteiger charge is -2.19. The summed E-state index contributed by atoms with van der Waals surface area (Å²) >= 11 is 4.21. The van der Waals surface area contributed by atoms with Gasteiger partial charge in [0.1, 0.15) is 5.60 Å². The predicted octanol–water partition coefficient (Wildman–Crippen LogP) is 2.58. The van der Waals surface area contributed by atoms with Gasteiger partial charge >= 0.3 is 6.09 Å². The molecule has 0 aliphatic heterocycles. The molecule has 0 saturated carbocycles. The van der Waals surface area contributed by atoms with Crippen LogP contribution in [-0.4, -0.2) is 11.7 Å². The van der Waals surface area contributed by atoms with Gasteiger partial charge in [0.2, 0.25) is 0 Å². The Labute approximate surface area is 107 Å².